The van der Waals surface area contributed by atoms with Crippen molar-refractivity contribution < 1.29 is 37.0 Å². The summed E-state index contributed by atoms with van der Waals surface area (Å²) in [5, 5.41) is 0.599. The van der Waals surface area contributed by atoms with Gasteiger partial charge in [0.2, 0.25) is 5.78 Å². The minimum absolute atomic E-state index is 0.0476. The number of alkyl halides is 3. The van der Waals surface area contributed by atoms with Crippen LogP contribution >= 0.6 is 0 Å². The number of benzene rings is 3. The Balaban J connectivity index is 2.06. The van der Waals surface area contributed by atoms with E-state index in [-0.39, 0.29) is 23.1 Å². The van der Waals surface area contributed by atoms with E-state index in [0.29, 0.717) is 11.1 Å². The first-order chi connectivity index (χ1) is 14.7. The maximum absolute atomic E-state index is 12.6. The highest BCUT2D eigenvalue weighted by molar-refractivity contribution is 6.17. The molecule has 0 aliphatic rings. The van der Waals surface area contributed by atoms with Crippen molar-refractivity contribution in [2.75, 3.05) is 7.11 Å². The molecule has 0 amide bonds. The summed E-state index contributed by atoms with van der Waals surface area (Å²) < 4.78 is 48.4. The third-order valence-electron chi connectivity index (χ3n) is 4.55. The molecule has 0 spiro atoms. The molecule has 0 aliphatic carbocycles. The number of carbonyl (C=O) groups excluding carboxylic acids is 3. The monoisotopic (exact) mass is 430 g/mol. The first-order valence-electron chi connectivity index (χ1n) is 9.15. The van der Waals surface area contributed by atoms with Crippen molar-refractivity contribution in [1.29, 1.82) is 0 Å². The van der Waals surface area contributed by atoms with Crippen LogP contribution in [0.4, 0.5) is 13.2 Å². The summed E-state index contributed by atoms with van der Waals surface area (Å²) in [5.41, 5.74) is 0.630. The van der Waals surface area contributed by atoms with Crippen molar-refractivity contribution in [2.24, 2.45) is 0 Å². The van der Waals surface area contributed by atoms with Crippen LogP contribution < -0.4 is 4.74 Å². The van der Waals surface area contributed by atoms with Crippen LogP contribution in [0, 0.1) is 0 Å². The minimum Gasteiger partial charge on any atom is -0.488 e. The van der Waals surface area contributed by atoms with E-state index >= 15 is 0 Å². The zero-order chi connectivity index (χ0) is 22.6. The fourth-order valence-electron chi connectivity index (χ4n) is 3.03. The van der Waals surface area contributed by atoms with Crippen molar-refractivity contribution in [3.05, 3.63) is 77.4 Å². The normalized spacial score (nSPS) is 11.2. The van der Waals surface area contributed by atoms with E-state index in [1.165, 1.54) is 12.1 Å². The molecule has 3 rings (SSSR count). The van der Waals surface area contributed by atoms with Gasteiger partial charge in [0.15, 0.2) is 5.78 Å². The summed E-state index contributed by atoms with van der Waals surface area (Å²) >= 11 is 0. The third kappa shape index (κ3) is 5.09. The Hall–Kier alpha value is -3.68. The predicted octanol–water partition coefficient (Wildman–Crippen LogP) is 4.91. The standard InChI is InChI=1S/C23H17F3O5/c1-30-22(29)15-10-17(19(27)12-21(28)23(24,25)26)16-8-5-9-20(18(16)11-15)31-13-14-6-3-2-4-7-14/h2-11H,12-13H2,1H3. The summed E-state index contributed by atoms with van der Waals surface area (Å²) in [5.74, 6) is -3.68. The molecule has 0 radical (unpaired) electrons. The van der Waals surface area contributed by atoms with Crippen molar-refractivity contribution in [3.8, 4) is 5.75 Å². The number of fused-ring (bicyclic) bond motifs is 1. The SMILES string of the molecule is COC(=O)c1cc(C(=O)CC(=O)C(F)(F)F)c2cccc(OCc3ccccc3)c2c1. The second-order valence-electron chi connectivity index (χ2n) is 6.66. The average molecular weight is 430 g/mol. The van der Waals surface area contributed by atoms with Gasteiger partial charge in [-0.3, -0.25) is 9.59 Å². The number of hydrogen-bond donors (Lipinski definition) is 0. The zero-order valence-electron chi connectivity index (χ0n) is 16.4. The Kier molecular flexibility index (Phi) is 6.39. The molecule has 8 heteroatoms. The molecule has 3 aromatic rings. The summed E-state index contributed by atoms with van der Waals surface area (Å²) in [6.07, 6.45) is -6.49. The molecule has 0 unspecified atom stereocenters. The quantitative estimate of drug-likeness (QED) is 0.303. The van der Waals surface area contributed by atoms with E-state index in [2.05, 4.69) is 4.74 Å². The van der Waals surface area contributed by atoms with Gasteiger partial charge in [-0.25, -0.2) is 4.79 Å². The summed E-state index contributed by atoms with van der Waals surface area (Å²) in [4.78, 5) is 36.0. The average Bonchev–Trinajstić information content (AvgIpc) is 2.76. The van der Waals surface area contributed by atoms with Gasteiger partial charge in [0.1, 0.15) is 12.4 Å². The molecule has 0 saturated carbocycles. The van der Waals surface area contributed by atoms with E-state index in [1.807, 2.05) is 30.3 Å². The van der Waals surface area contributed by atoms with E-state index in [0.717, 1.165) is 18.7 Å². The van der Waals surface area contributed by atoms with Gasteiger partial charge in [0.25, 0.3) is 0 Å². The second kappa shape index (κ2) is 8.99. The van der Waals surface area contributed by atoms with Crippen molar-refractivity contribution in [1.82, 2.24) is 0 Å². The first-order valence-corrected chi connectivity index (χ1v) is 9.15. The van der Waals surface area contributed by atoms with Crippen LogP contribution in [-0.4, -0.2) is 30.8 Å². The smallest absolute Gasteiger partial charge is 0.450 e. The second-order valence-corrected chi connectivity index (χ2v) is 6.66. The molecule has 0 fully saturated rings. The van der Waals surface area contributed by atoms with Gasteiger partial charge in [-0.1, -0.05) is 42.5 Å². The van der Waals surface area contributed by atoms with Crippen LogP contribution in [0.25, 0.3) is 10.8 Å². The Labute approximate surface area is 175 Å². The highest BCUT2D eigenvalue weighted by Crippen LogP contribution is 2.32. The molecule has 0 atom stereocenters. The van der Waals surface area contributed by atoms with E-state index in [1.54, 1.807) is 12.1 Å². The van der Waals surface area contributed by atoms with E-state index in [9.17, 15) is 27.6 Å². The maximum atomic E-state index is 12.6. The first kappa shape index (κ1) is 22.0. The topological polar surface area (TPSA) is 69.7 Å². The van der Waals surface area contributed by atoms with Crippen LogP contribution in [0.1, 0.15) is 32.7 Å². The maximum Gasteiger partial charge on any atom is 0.450 e. The van der Waals surface area contributed by atoms with Gasteiger partial charge < -0.3 is 9.47 Å². The number of rotatable bonds is 7. The van der Waals surface area contributed by atoms with Crippen LogP contribution in [0.3, 0.4) is 0 Å². The lowest BCUT2D eigenvalue weighted by atomic mass is 9.95. The number of carbonyl (C=O) groups is 3. The highest BCUT2D eigenvalue weighted by atomic mass is 19.4. The molecule has 0 saturated heterocycles. The van der Waals surface area contributed by atoms with Crippen LogP contribution in [0.5, 0.6) is 5.75 Å². The molecule has 31 heavy (non-hydrogen) atoms. The lowest BCUT2D eigenvalue weighted by Gasteiger charge is -2.14. The Bertz CT molecular complexity index is 1140. The molecule has 0 bridgehead atoms. The van der Waals surface area contributed by atoms with Gasteiger partial charge >= 0.3 is 12.1 Å². The molecule has 0 aromatic heterocycles. The third-order valence-corrected chi connectivity index (χ3v) is 4.55. The van der Waals surface area contributed by atoms with Gasteiger partial charge in [-0.15, -0.1) is 0 Å². The highest BCUT2D eigenvalue weighted by Gasteiger charge is 2.39. The summed E-state index contributed by atoms with van der Waals surface area (Å²) in [6.45, 7) is 0.193. The number of halogens is 3. The Morgan fingerprint density at radius 3 is 2.26 bits per heavy atom. The van der Waals surface area contributed by atoms with Crippen molar-refractivity contribution >= 4 is 28.3 Å². The molecular weight excluding hydrogens is 413 g/mol. The lowest BCUT2D eigenvalue weighted by Crippen LogP contribution is -2.25. The summed E-state index contributed by atoms with van der Waals surface area (Å²) in [7, 11) is 1.14. The number of Topliss-reactive ketones (excluding diaryl/α,β-unsaturated/α-hetero) is 2. The van der Waals surface area contributed by atoms with Crippen LogP contribution in [0.2, 0.25) is 0 Å². The number of esters is 1. The number of ketones is 2. The van der Waals surface area contributed by atoms with E-state index in [4.69, 9.17) is 4.74 Å². The molecule has 160 valence electrons. The summed E-state index contributed by atoms with van der Waals surface area (Å²) in [6, 6.07) is 16.5. The largest absolute Gasteiger partial charge is 0.488 e. The van der Waals surface area contributed by atoms with E-state index < -0.39 is 30.1 Å². The minimum atomic E-state index is -5.13. The van der Waals surface area contributed by atoms with Gasteiger partial charge in [-0.05, 0) is 29.1 Å². The molecular formula is C23H17F3O5. The van der Waals surface area contributed by atoms with Crippen molar-refractivity contribution in [3.63, 3.8) is 0 Å². The fraction of sp³-hybridized carbons (Fsp3) is 0.174. The number of methoxy groups -OCH3 is 1. The molecule has 0 aliphatic heterocycles. The Morgan fingerprint density at radius 2 is 1.61 bits per heavy atom. The van der Waals surface area contributed by atoms with Gasteiger partial charge in [0.05, 0.1) is 19.1 Å². The lowest BCUT2D eigenvalue weighted by molar-refractivity contribution is -0.170. The van der Waals surface area contributed by atoms with Gasteiger partial charge in [0, 0.05) is 10.9 Å². The van der Waals surface area contributed by atoms with Crippen LogP contribution in [-0.2, 0) is 16.1 Å². The fourth-order valence-corrected chi connectivity index (χ4v) is 3.03. The molecule has 0 N–H and O–H groups in total. The number of hydrogen-bond acceptors (Lipinski definition) is 5. The molecule has 3 aromatic carbocycles. The van der Waals surface area contributed by atoms with Crippen LogP contribution in [0.15, 0.2) is 60.7 Å². The molecule has 5 nitrogen and oxygen atoms in total. The number of ether oxygens (including phenoxy) is 2. The Morgan fingerprint density at radius 1 is 0.903 bits per heavy atom. The van der Waals surface area contributed by atoms with Gasteiger partial charge in [-0.2, -0.15) is 13.2 Å². The predicted molar refractivity (Wildman–Crippen MR) is 106 cm³/mol. The van der Waals surface area contributed by atoms with Crippen molar-refractivity contribution in [2.45, 2.75) is 19.2 Å². The molecule has 0 heterocycles. The zero-order valence-corrected chi connectivity index (χ0v) is 16.4.